The maximum Gasteiger partial charge on any atom is 0.216 e. The van der Waals surface area contributed by atoms with Crippen molar-refractivity contribution in [3.05, 3.63) is 57.8 Å². The van der Waals surface area contributed by atoms with Gasteiger partial charge in [0.2, 0.25) is 4.77 Å². The van der Waals surface area contributed by atoms with E-state index in [0.29, 0.717) is 22.0 Å². The summed E-state index contributed by atoms with van der Waals surface area (Å²) in [4.78, 5) is 0. The highest BCUT2D eigenvalue weighted by atomic mass is 35.5. The molecule has 0 amide bonds. The van der Waals surface area contributed by atoms with Crippen LogP contribution in [-0.4, -0.2) is 31.3 Å². The van der Waals surface area contributed by atoms with Crippen molar-refractivity contribution in [1.82, 2.24) is 14.9 Å². The molecule has 0 spiro atoms. The molecule has 0 aliphatic heterocycles. The van der Waals surface area contributed by atoms with E-state index in [9.17, 15) is 10.2 Å². The second kappa shape index (κ2) is 6.23. The Kier molecular flexibility index (Phi) is 4.14. The van der Waals surface area contributed by atoms with Gasteiger partial charge in [0.05, 0.1) is 11.8 Å². The number of halogens is 1. The summed E-state index contributed by atoms with van der Waals surface area (Å²) >= 11 is 11.1. The Morgan fingerprint density at radius 1 is 1.17 bits per heavy atom. The molecule has 0 unspecified atom stereocenters. The van der Waals surface area contributed by atoms with Crippen LogP contribution in [0.2, 0.25) is 5.02 Å². The lowest BCUT2D eigenvalue weighted by Crippen LogP contribution is -1.95. The molecule has 3 N–H and O–H groups in total. The highest BCUT2D eigenvalue weighted by Crippen LogP contribution is 2.27. The first-order chi connectivity index (χ1) is 11.1. The van der Waals surface area contributed by atoms with Crippen molar-refractivity contribution in [2.45, 2.75) is 0 Å². The molecule has 0 aliphatic carbocycles. The number of nitrogens with one attached hydrogen (secondary N) is 1. The molecule has 0 saturated carbocycles. The molecule has 0 aliphatic rings. The number of aromatic hydroxyl groups is 2. The molecule has 1 heterocycles. The number of para-hydroxylation sites is 1. The topological polar surface area (TPSA) is 86.4 Å². The van der Waals surface area contributed by atoms with Crippen molar-refractivity contribution in [3.63, 3.8) is 0 Å². The van der Waals surface area contributed by atoms with E-state index in [1.807, 2.05) is 0 Å². The summed E-state index contributed by atoms with van der Waals surface area (Å²) in [6, 6.07) is 11.3. The molecular formula is C15H11ClN4O2S. The fraction of sp³-hybridized carbons (Fsp3) is 0. The van der Waals surface area contributed by atoms with Crippen molar-refractivity contribution in [2.75, 3.05) is 0 Å². The molecular weight excluding hydrogens is 336 g/mol. The van der Waals surface area contributed by atoms with Crippen LogP contribution in [0.3, 0.4) is 0 Å². The van der Waals surface area contributed by atoms with Crippen LogP contribution in [0.25, 0.3) is 11.4 Å². The molecule has 3 aromatic rings. The Hall–Kier alpha value is -2.64. The fourth-order valence-electron chi connectivity index (χ4n) is 1.98. The average Bonchev–Trinajstić information content (AvgIpc) is 2.89. The number of nitrogens with zero attached hydrogens (tertiary/aromatic N) is 3. The number of rotatable bonds is 3. The summed E-state index contributed by atoms with van der Waals surface area (Å²) in [5.41, 5.74) is 0.913. The summed E-state index contributed by atoms with van der Waals surface area (Å²) < 4.78 is 1.60. The van der Waals surface area contributed by atoms with Crippen molar-refractivity contribution >= 4 is 30.0 Å². The van der Waals surface area contributed by atoms with Crippen LogP contribution in [0.4, 0.5) is 0 Å². The van der Waals surface area contributed by atoms with Crippen LogP contribution in [0.15, 0.2) is 47.6 Å². The van der Waals surface area contributed by atoms with E-state index in [0.717, 1.165) is 0 Å². The molecule has 6 nitrogen and oxygen atoms in total. The van der Waals surface area contributed by atoms with Gasteiger partial charge in [0, 0.05) is 10.6 Å². The zero-order valence-electron chi connectivity index (χ0n) is 11.6. The van der Waals surface area contributed by atoms with Crippen molar-refractivity contribution < 1.29 is 10.2 Å². The van der Waals surface area contributed by atoms with Crippen LogP contribution < -0.4 is 0 Å². The number of phenolic OH excluding ortho intramolecular Hbond substituents is 2. The second-order valence-electron chi connectivity index (χ2n) is 4.63. The van der Waals surface area contributed by atoms with Crippen molar-refractivity contribution in [1.29, 1.82) is 0 Å². The Labute approximate surface area is 141 Å². The van der Waals surface area contributed by atoms with Crippen LogP contribution in [0.1, 0.15) is 5.56 Å². The van der Waals surface area contributed by atoms with Crippen LogP contribution in [0, 0.1) is 4.77 Å². The average molecular weight is 347 g/mol. The molecule has 0 bridgehead atoms. The highest BCUT2D eigenvalue weighted by Gasteiger charge is 2.12. The first kappa shape index (κ1) is 15.3. The van der Waals surface area contributed by atoms with Gasteiger partial charge in [-0.25, -0.2) is 5.10 Å². The molecule has 2 aromatic carbocycles. The Morgan fingerprint density at radius 2 is 1.96 bits per heavy atom. The Balaban J connectivity index is 2.06. The number of aromatic nitrogens is 3. The van der Waals surface area contributed by atoms with Gasteiger partial charge in [-0.05, 0) is 42.5 Å². The van der Waals surface area contributed by atoms with E-state index < -0.39 is 0 Å². The molecule has 116 valence electrons. The summed E-state index contributed by atoms with van der Waals surface area (Å²) in [7, 11) is 0. The van der Waals surface area contributed by atoms with Gasteiger partial charge in [0.25, 0.3) is 0 Å². The fourth-order valence-corrected chi connectivity index (χ4v) is 2.34. The van der Waals surface area contributed by atoms with E-state index in [1.54, 1.807) is 36.4 Å². The quantitative estimate of drug-likeness (QED) is 0.500. The molecule has 1 aromatic heterocycles. The lowest BCUT2D eigenvalue weighted by molar-refractivity contribution is 0.474. The molecule has 3 rings (SSSR count). The van der Waals surface area contributed by atoms with Crippen LogP contribution in [-0.2, 0) is 0 Å². The number of aromatic amines is 1. The first-order valence-corrected chi connectivity index (χ1v) is 7.33. The number of phenols is 2. The van der Waals surface area contributed by atoms with Crippen molar-refractivity contribution in [3.8, 4) is 22.9 Å². The van der Waals surface area contributed by atoms with E-state index >= 15 is 0 Å². The Bertz CT molecular complexity index is 949. The molecule has 0 saturated heterocycles. The van der Waals surface area contributed by atoms with Gasteiger partial charge in [-0.2, -0.15) is 14.9 Å². The van der Waals surface area contributed by atoms with Crippen LogP contribution in [0.5, 0.6) is 11.5 Å². The molecule has 23 heavy (non-hydrogen) atoms. The minimum absolute atomic E-state index is 0.0391. The number of hydrogen-bond acceptors (Lipinski definition) is 5. The monoisotopic (exact) mass is 346 g/mol. The number of benzene rings is 2. The SMILES string of the molecule is Oc1ccc(Cl)cc1/C=N/n1c(-c2ccccc2O)n[nH]c1=S. The highest BCUT2D eigenvalue weighted by molar-refractivity contribution is 7.71. The maximum absolute atomic E-state index is 9.95. The zero-order chi connectivity index (χ0) is 16.4. The smallest absolute Gasteiger partial charge is 0.216 e. The predicted molar refractivity (Wildman–Crippen MR) is 90.6 cm³/mol. The number of H-pyrrole nitrogens is 1. The lowest BCUT2D eigenvalue weighted by Gasteiger charge is -2.03. The third kappa shape index (κ3) is 3.10. The normalized spacial score (nSPS) is 11.2. The maximum atomic E-state index is 9.95. The minimum Gasteiger partial charge on any atom is -0.507 e. The van der Waals surface area contributed by atoms with E-state index in [-0.39, 0.29) is 16.3 Å². The molecule has 0 atom stereocenters. The second-order valence-corrected chi connectivity index (χ2v) is 5.45. The van der Waals surface area contributed by atoms with E-state index in [1.165, 1.54) is 17.0 Å². The molecule has 0 fully saturated rings. The standard InChI is InChI=1S/C15H11ClN4O2S/c16-10-5-6-12(21)9(7-10)8-17-20-14(18-19-15(20)23)11-3-1-2-4-13(11)22/h1-8,21-22H,(H,19,23)/b17-8+. The summed E-state index contributed by atoms with van der Waals surface area (Å²) in [5.74, 6) is 0.451. The summed E-state index contributed by atoms with van der Waals surface area (Å²) in [6.07, 6.45) is 1.41. The van der Waals surface area contributed by atoms with Crippen molar-refractivity contribution in [2.24, 2.45) is 5.10 Å². The van der Waals surface area contributed by atoms with Gasteiger partial charge in [-0.3, -0.25) is 0 Å². The lowest BCUT2D eigenvalue weighted by atomic mass is 10.2. The molecule has 8 heteroatoms. The van der Waals surface area contributed by atoms with Crippen LogP contribution >= 0.6 is 23.8 Å². The third-order valence-electron chi connectivity index (χ3n) is 3.10. The third-order valence-corrected chi connectivity index (χ3v) is 3.60. The predicted octanol–water partition coefficient (Wildman–Crippen LogP) is 3.55. The first-order valence-electron chi connectivity index (χ1n) is 6.55. The summed E-state index contributed by atoms with van der Waals surface area (Å²) in [6.45, 7) is 0. The minimum atomic E-state index is 0.0391. The summed E-state index contributed by atoms with van der Waals surface area (Å²) in [5, 5.41) is 31.2. The van der Waals surface area contributed by atoms with Gasteiger partial charge in [-0.15, -0.1) is 0 Å². The van der Waals surface area contributed by atoms with E-state index in [2.05, 4.69) is 15.3 Å². The zero-order valence-corrected chi connectivity index (χ0v) is 13.2. The largest absolute Gasteiger partial charge is 0.507 e. The number of hydrogen-bond donors (Lipinski definition) is 3. The van der Waals surface area contributed by atoms with Gasteiger partial charge in [0.15, 0.2) is 5.82 Å². The van der Waals surface area contributed by atoms with Gasteiger partial charge >= 0.3 is 0 Å². The van der Waals surface area contributed by atoms with Gasteiger partial charge < -0.3 is 10.2 Å². The van der Waals surface area contributed by atoms with Gasteiger partial charge in [0.1, 0.15) is 11.5 Å². The van der Waals surface area contributed by atoms with E-state index in [4.69, 9.17) is 23.8 Å². The van der Waals surface area contributed by atoms with Gasteiger partial charge in [-0.1, -0.05) is 23.7 Å². The Morgan fingerprint density at radius 3 is 2.74 bits per heavy atom. The molecule has 0 radical (unpaired) electrons.